The molecule has 4 heteroatoms. The van der Waals surface area contributed by atoms with Crippen molar-refractivity contribution in [3.8, 4) is 0 Å². The molecule has 0 aliphatic carbocycles. The zero-order valence-corrected chi connectivity index (χ0v) is 8.40. The van der Waals surface area contributed by atoms with E-state index in [1.165, 1.54) is 5.56 Å². The molecular weight excluding hydrogens is 190 g/mol. The maximum Gasteiger partial charge on any atom is 0.0521 e. The summed E-state index contributed by atoms with van der Waals surface area (Å²) in [6, 6.07) is 2.09. The van der Waals surface area contributed by atoms with Crippen molar-refractivity contribution in [3.63, 3.8) is 0 Å². The molecule has 0 saturated heterocycles. The van der Waals surface area contributed by atoms with Crippen LogP contribution in [0, 0.1) is 0 Å². The number of thiophene rings is 1. The highest BCUT2D eigenvalue weighted by Gasteiger charge is 2.09. The molecule has 3 N–H and O–H groups in total. The average Bonchev–Trinajstić information content (AvgIpc) is 2.59. The second kappa shape index (κ2) is 5.59. The van der Waals surface area contributed by atoms with E-state index in [2.05, 4.69) is 16.8 Å². The molecule has 0 radical (unpaired) electrons. The van der Waals surface area contributed by atoms with Crippen molar-refractivity contribution in [3.05, 3.63) is 22.4 Å². The van der Waals surface area contributed by atoms with E-state index in [1.807, 2.05) is 0 Å². The van der Waals surface area contributed by atoms with E-state index in [0.29, 0.717) is 11.8 Å². The zero-order valence-electron chi connectivity index (χ0n) is 6.77. The average molecular weight is 203 g/mol. The lowest BCUT2D eigenvalue weighted by molar-refractivity contribution is 0.322. The van der Waals surface area contributed by atoms with Gasteiger partial charge < -0.3 is 10.8 Å². The summed E-state index contributed by atoms with van der Waals surface area (Å²) in [5.74, 6) is 0.762. The predicted molar refractivity (Wildman–Crippen MR) is 55.7 cm³/mol. The minimum absolute atomic E-state index is 0.227. The molecule has 1 aromatic rings. The first-order valence-corrected chi connectivity index (χ1v) is 5.82. The van der Waals surface area contributed by atoms with Gasteiger partial charge >= 0.3 is 0 Å². The third kappa shape index (κ3) is 2.79. The van der Waals surface area contributed by atoms with Crippen molar-refractivity contribution in [1.29, 1.82) is 0 Å². The molecule has 0 saturated carbocycles. The molecule has 1 atom stereocenters. The van der Waals surface area contributed by atoms with Crippen LogP contribution in [0.5, 0.6) is 0 Å². The highest BCUT2D eigenvalue weighted by Crippen LogP contribution is 2.28. The Morgan fingerprint density at radius 3 is 3.00 bits per heavy atom. The second-order valence-electron chi connectivity index (χ2n) is 2.38. The molecule has 0 aliphatic heterocycles. The highest BCUT2D eigenvalue weighted by molar-refractivity contribution is 7.99. The fourth-order valence-corrected chi connectivity index (χ4v) is 2.62. The van der Waals surface area contributed by atoms with Crippen LogP contribution in [0.25, 0.3) is 0 Å². The molecular formula is C8H13NOS2. The van der Waals surface area contributed by atoms with E-state index in [-0.39, 0.29) is 6.61 Å². The van der Waals surface area contributed by atoms with E-state index in [9.17, 15) is 0 Å². The van der Waals surface area contributed by atoms with Gasteiger partial charge in [-0.05, 0) is 22.4 Å². The molecule has 1 heterocycles. The minimum Gasteiger partial charge on any atom is -0.396 e. The lowest BCUT2D eigenvalue weighted by atomic mass is 10.2. The van der Waals surface area contributed by atoms with Crippen LogP contribution in [0.3, 0.4) is 0 Å². The van der Waals surface area contributed by atoms with Crippen LogP contribution in [0.2, 0.25) is 0 Å². The van der Waals surface area contributed by atoms with Gasteiger partial charge in [-0.3, -0.25) is 0 Å². The van der Waals surface area contributed by atoms with Crippen LogP contribution in [0.4, 0.5) is 0 Å². The van der Waals surface area contributed by atoms with Crippen molar-refractivity contribution in [2.45, 2.75) is 5.25 Å². The third-order valence-corrected chi connectivity index (χ3v) is 3.53. The largest absolute Gasteiger partial charge is 0.396 e. The van der Waals surface area contributed by atoms with Gasteiger partial charge in [-0.25, -0.2) is 0 Å². The van der Waals surface area contributed by atoms with Crippen LogP contribution in [-0.4, -0.2) is 24.0 Å². The molecule has 0 amide bonds. The van der Waals surface area contributed by atoms with E-state index in [1.54, 1.807) is 23.1 Å². The Hall–Kier alpha value is -0.0300. The molecule has 1 rings (SSSR count). The first-order chi connectivity index (χ1) is 5.88. The Morgan fingerprint density at radius 1 is 1.67 bits per heavy atom. The van der Waals surface area contributed by atoms with Gasteiger partial charge in [0.05, 0.1) is 6.61 Å². The molecule has 1 aromatic heterocycles. The van der Waals surface area contributed by atoms with Gasteiger partial charge in [0.15, 0.2) is 0 Å². The summed E-state index contributed by atoms with van der Waals surface area (Å²) in [5.41, 5.74) is 6.89. The van der Waals surface area contributed by atoms with Crippen LogP contribution >= 0.6 is 23.1 Å². The topological polar surface area (TPSA) is 46.2 Å². The van der Waals surface area contributed by atoms with Crippen molar-refractivity contribution < 1.29 is 5.11 Å². The highest BCUT2D eigenvalue weighted by atomic mass is 32.2. The van der Waals surface area contributed by atoms with Crippen LogP contribution in [-0.2, 0) is 0 Å². The maximum absolute atomic E-state index is 8.65. The first kappa shape index (κ1) is 10.1. The molecule has 1 unspecified atom stereocenters. The number of aliphatic hydroxyl groups is 1. The Morgan fingerprint density at radius 2 is 2.50 bits per heavy atom. The molecule has 0 spiro atoms. The first-order valence-electron chi connectivity index (χ1n) is 3.83. The Kier molecular flexibility index (Phi) is 4.68. The molecule has 0 bridgehead atoms. The van der Waals surface area contributed by atoms with Gasteiger partial charge in [0.25, 0.3) is 0 Å². The summed E-state index contributed by atoms with van der Waals surface area (Å²) in [5, 5.41) is 13.2. The maximum atomic E-state index is 8.65. The van der Waals surface area contributed by atoms with Gasteiger partial charge in [0, 0.05) is 17.5 Å². The zero-order chi connectivity index (χ0) is 8.81. The van der Waals surface area contributed by atoms with E-state index in [4.69, 9.17) is 10.8 Å². The van der Waals surface area contributed by atoms with Crippen LogP contribution in [0.1, 0.15) is 10.8 Å². The predicted octanol–water partition coefficient (Wildman–Crippen LogP) is 1.47. The third-order valence-electron chi connectivity index (χ3n) is 1.54. The quantitative estimate of drug-likeness (QED) is 0.762. The molecule has 68 valence electrons. The summed E-state index contributed by atoms with van der Waals surface area (Å²) >= 11 is 3.40. The molecule has 12 heavy (non-hydrogen) atoms. The number of thioether (sulfide) groups is 1. The fraction of sp³-hybridized carbons (Fsp3) is 0.500. The number of rotatable bonds is 5. The summed E-state index contributed by atoms with van der Waals surface area (Å²) in [6.45, 7) is 0.868. The minimum atomic E-state index is 0.227. The fourth-order valence-electron chi connectivity index (χ4n) is 0.954. The van der Waals surface area contributed by atoms with E-state index in [0.717, 1.165) is 5.75 Å². The number of aliphatic hydroxyl groups excluding tert-OH is 1. The van der Waals surface area contributed by atoms with Gasteiger partial charge in [0.2, 0.25) is 0 Å². The van der Waals surface area contributed by atoms with Crippen molar-refractivity contribution in [1.82, 2.24) is 0 Å². The Bertz CT molecular complexity index is 201. The van der Waals surface area contributed by atoms with Gasteiger partial charge in [-0.1, -0.05) is 0 Å². The van der Waals surface area contributed by atoms with Crippen molar-refractivity contribution in [2.24, 2.45) is 5.73 Å². The molecule has 0 aromatic carbocycles. The lowest BCUT2D eigenvalue weighted by Crippen LogP contribution is -2.09. The number of hydrogen-bond acceptors (Lipinski definition) is 4. The normalized spacial score (nSPS) is 13.2. The van der Waals surface area contributed by atoms with Crippen molar-refractivity contribution in [2.75, 3.05) is 18.9 Å². The standard InChI is InChI=1S/C8H13NOS2/c9-5-8(12-4-2-10)7-1-3-11-6-7/h1,3,6,8,10H,2,4-5,9H2. The molecule has 0 aliphatic rings. The number of hydrogen-bond donors (Lipinski definition) is 2. The monoisotopic (exact) mass is 203 g/mol. The second-order valence-corrected chi connectivity index (χ2v) is 4.47. The van der Waals surface area contributed by atoms with Crippen LogP contribution in [0.15, 0.2) is 16.8 Å². The summed E-state index contributed by atoms with van der Waals surface area (Å²) in [7, 11) is 0. The smallest absolute Gasteiger partial charge is 0.0521 e. The SMILES string of the molecule is NCC(SCCO)c1ccsc1. The Balaban J connectivity index is 2.45. The Labute approximate surface area is 80.8 Å². The summed E-state index contributed by atoms with van der Waals surface area (Å²) in [4.78, 5) is 0. The van der Waals surface area contributed by atoms with E-state index < -0.39 is 0 Å². The van der Waals surface area contributed by atoms with Crippen LogP contribution < -0.4 is 5.73 Å². The van der Waals surface area contributed by atoms with Crippen molar-refractivity contribution >= 4 is 23.1 Å². The molecule has 2 nitrogen and oxygen atoms in total. The lowest BCUT2D eigenvalue weighted by Gasteiger charge is -2.11. The number of nitrogens with two attached hydrogens (primary N) is 1. The van der Waals surface area contributed by atoms with Gasteiger partial charge in [-0.15, -0.1) is 0 Å². The van der Waals surface area contributed by atoms with E-state index >= 15 is 0 Å². The summed E-state index contributed by atoms with van der Waals surface area (Å²) < 4.78 is 0. The molecule has 0 fully saturated rings. The van der Waals surface area contributed by atoms with Gasteiger partial charge in [-0.2, -0.15) is 23.1 Å². The summed E-state index contributed by atoms with van der Waals surface area (Å²) in [6.07, 6.45) is 0. The van der Waals surface area contributed by atoms with Gasteiger partial charge in [0.1, 0.15) is 0 Å².